The third-order valence-electron chi connectivity index (χ3n) is 4.74. The second-order valence-corrected chi connectivity index (χ2v) is 6.79. The third-order valence-corrected chi connectivity index (χ3v) is 4.74. The van der Waals surface area contributed by atoms with Crippen LogP contribution in [0, 0.1) is 11.3 Å². The summed E-state index contributed by atoms with van der Waals surface area (Å²) in [7, 11) is 3.29. The quantitative estimate of drug-likeness (QED) is 0.494. The van der Waals surface area contributed by atoms with Crippen LogP contribution in [-0.2, 0) is 9.53 Å². The molecular formula is C21H24N6O2. The standard InChI is InChI=1S/C21H24N6O2/c1-6-23-17-8-18(26-20-19(17)14(9-22)10-24-20)25-16(13(3)29-5)7-15-12(2)11-27(4)21(15)28/h7-8,10H,3,6,11H2,1-2,4-5H3,(H3,23,24,25,26)/b16-7+. The SMILES string of the molecule is C=C(OC)/C(=C\C1=C(C)CN(C)C1=O)Nc1cc(NCC)c2c(C#N)c[nH]c2n1. The molecule has 3 heterocycles. The Hall–Kier alpha value is -3.73. The number of ether oxygens (including phenoxy) is 1. The Balaban J connectivity index is 2.05. The van der Waals surface area contributed by atoms with Gasteiger partial charge < -0.3 is 25.3 Å². The highest BCUT2D eigenvalue weighted by molar-refractivity contribution is 6.00. The summed E-state index contributed by atoms with van der Waals surface area (Å²) in [6, 6.07) is 3.99. The number of rotatable bonds is 7. The molecule has 2 aromatic heterocycles. The highest BCUT2D eigenvalue weighted by atomic mass is 16.5. The number of nitrogens with one attached hydrogen (secondary N) is 3. The van der Waals surface area contributed by atoms with Gasteiger partial charge in [0.15, 0.2) is 0 Å². The number of hydrogen-bond donors (Lipinski definition) is 3. The van der Waals surface area contributed by atoms with Gasteiger partial charge in [0.05, 0.1) is 29.4 Å². The number of methoxy groups -OCH3 is 1. The van der Waals surface area contributed by atoms with Gasteiger partial charge in [-0.1, -0.05) is 6.58 Å². The number of aromatic nitrogens is 2. The van der Waals surface area contributed by atoms with Gasteiger partial charge in [0.1, 0.15) is 23.3 Å². The Morgan fingerprint density at radius 2 is 2.31 bits per heavy atom. The zero-order chi connectivity index (χ0) is 21.1. The number of nitriles is 1. The monoisotopic (exact) mass is 392 g/mol. The summed E-state index contributed by atoms with van der Waals surface area (Å²) in [5.74, 6) is 0.857. The molecule has 0 unspecified atom stereocenters. The molecule has 3 rings (SSSR count). The fraction of sp³-hybridized carbons (Fsp3) is 0.286. The lowest BCUT2D eigenvalue weighted by Crippen LogP contribution is -2.21. The number of amides is 1. The number of hydrogen-bond acceptors (Lipinski definition) is 6. The maximum absolute atomic E-state index is 12.4. The van der Waals surface area contributed by atoms with Crippen LogP contribution in [0.5, 0.6) is 0 Å². The van der Waals surface area contributed by atoms with Gasteiger partial charge in [-0.3, -0.25) is 4.79 Å². The minimum absolute atomic E-state index is 0.0505. The van der Waals surface area contributed by atoms with Crippen molar-refractivity contribution in [3.05, 3.63) is 53.1 Å². The maximum Gasteiger partial charge on any atom is 0.253 e. The topological polar surface area (TPSA) is 106 Å². The summed E-state index contributed by atoms with van der Waals surface area (Å²) in [4.78, 5) is 21.7. The number of nitrogens with zero attached hydrogens (tertiary/aromatic N) is 3. The summed E-state index contributed by atoms with van der Waals surface area (Å²) in [6.07, 6.45) is 3.37. The number of anilines is 2. The molecule has 2 aromatic rings. The number of likely N-dealkylation sites (N-methyl/N-ethyl adjacent to an activating group) is 1. The van der Waals surface area contributed by atoms with Gasteiger partial charge in [0.25, 0.3) is 5.91 Å². The lowest BCUT2D eigenvalue weighted by molar-refractivity contribution is -0.124. The fourth-order valence-corrected chi connectivity index (χ4v) is 3.28. The van der Waals surface area contributed by atoms with Crippen LogP contribution >= 0.6 is 0 Å². The molecule has 0 saturated heterocycles. The van der Waals surface area contributed by atoms with Gasteiger partial charge in [-0.25, -0.2) is 4.98 Å². The van der Waals surface area contributed by atoms with Crippen LogP contribution < -0.4 is 10.6 Å². The first-order valence-corrected chi connectivity index (χ1v) is 9.22. The highest BCUT2D eigenvalue weighted by Gasteiger charge is 2.24. The predicted molar refractivity (Wildman–Crippen MR) is 113 cm³/mol. The molecule has 0 radical (unpaired) electrons. The van der Waals surface area contributed by atoms with E-state index in [-0.39, 0.29) is 5.91 Å². The molecule has 0 spiro atoms. The summed E-state index contributed by atoms with van der Waals surface area (Å²) in [6.45, 7) is 9.11. The van der Waals surface area contributed by atoms with Gasteiger partial charge >= 0.3 is 0 Å². The molecule has 1 aliphatic rings. The molecule has 3 N–H and O–H groups in total. The number of pyridine rings is 1. The first-order valence-electron chi connectivity index (χ1n) is 9.22. The second-order valence-electron chi connectivity index (χ2n) is 6.79. The van der Waals surface area contributed by atoms with Crippen molar-refractivity contribution in [2.75, 3.05) is 37.9 Å². The highest BCUT2D eigenvalue weighted by Crippen LogP contribution is 2.30. The molecule has 8 nitrogen and oxygen atoms in total. The summed E-state index contributed by atoms with van der Waals surface area (Å²) in [5, 5.41) is 16.6. The molecule has 8 heteroatoms. The average molecular weight is 392 g/mol. The van der Waals surface area contributed by atoms with Crippen LogP contribution in [0.2, 0.25) is 0 Å². The molecule has 1 amide bonds. The molecule has 0 fully saturated rings. The molecule has 0 bridgehead atoms. The van der Waals surface area contributed by atoms with Gasteiger partial charge in [0, 0.05) is 38.0 Å². The van der Waals surface area contributed by atoms with E-state index in [0.29, 0.717) is 47.1 Å². The van der Waals surface area contributed by atoms with Crippen molar-refractivity contribution in [2.24, 2.45) is 0 Å². The number of H-pyrrole nitrogens is 1. The van der Waals surface area contributed by atoms with Gasteiger partial charge in [-0.2, -0.15) is 5.26 Å². The first kappa shape index (κ1) is 20.0. The number of carbonyl (C=O) groups excluding carboxylic acids is 1. The van der Waals surface area contributed by atoms with Crippen molar-refractivity contribution < 1.29 is 9.53 Å². The van der Waals surface area contributed by atoms with E-state index in [2.05, 4.69) is 33.2 Å². The van der Waals surface area contributed by atoms with Crippen LogP contribution in [0.4, 0.5) is 11.5 Å². The van der Waals surface area contributed by atoms with Crippen molar-refractivity contribution in [3.8, 4) is 6.07 Å². The van der Waals surface area contributed by atoms with E-state index in [1.807, 2.05) is 19.9 Å². The van der Waals surface area contributed by atoms with Crippen LogP contribution in [0.1, 0.15) is 19.4 Å². The Bertz CT molecular complexity index is 1090. The van der Waals surface area contributed by atoms with Crippen molar-refractivity contribution >= 4 is 28.4 Å². The Labute approximate surface area is 169 Å². The predicted octanol–water partition coefficient (Wildman–Crippen LogP) is 3.11. The molecular weight excluding hydrogens is 368 g/mol. The molecule has 1 aliphatic heterocycles. The van der Waals surface area contributed by atoms with Gasteiger partial charge in [-0.15, -0.1) is 0 Å². The number of carbonyl (C=O) groups is 1. The third kappa shape index (κ3) is 3.80. The maximum atomic E-state index is 12.4. The molecule has 150 valence electrons. The van der Waals surface area contributed by atoms with Crippen molar-refractivity contribution in [1.82, 2.24) is 14.9 Å². The smallest absolute Gasteiger partial charge is 0.253 e. The lowest BCUT2D eigenvalue weighted by atomic mass is 10.1. The fourth-order valence-electron chi connectivity index (χ4n) is 3.28. The number of fused-ring (bicyclic) bond motifs is 1. The zero-order valence-electron chi connectivity index (χ0n) is 17.0. The van der Waals surface area contributed by atoms with E-state index in [4.69, 9.17) is 4.74 Å². The Morgan fingerprint density at radius 1 is 1.55 bits per heavy atom. The van der Waals surface area contributed by atoms with E-state index < -0.39 is 0 Å². The van der Waals surface area contributed by atoms with Crippen LogP contribution in [0.25, 0.3) is 11.0 Å². The zero-order valence-corrected chi connectivity index (χ0v) is 17.0. The Morgan fingerprint density at radius 3 is 2.90 bits per heavy atom. The molecule has 0 atom stereocenters. The number of aromatic amines is 1. The molecule has 0 aliphatic carbocycles. The summed E-state index contributed by atoms with van der Waals surface area (Å²) >= 11 is 0. The van der Waals surface area contributed by atoms with E-state index in [1.54, 1.807) is 24.2 Å². The first-order chi connectivity index (χ1) is 13.9. The lowest BCUT2D eigenvalue weighted by Gasteiger charge is -2.15. The van der Waals surface area contributed by atoms with Crippen LogP contribution in [-0.4, -0.2) is 48.0 Å². The second kappa shape index (κ2) is 8.10. The summed E-state index contributed by atoms with van der Waals surface area (Å²) < 4.78 is 5.31. The molecule has 0 aromatic carbocycles. The van der Waals surface area contributed by atoms with Crippen molar-refractivity contribution in [2.45, 2.75) is 13.8 Å². The average Bonchev–Trinajstić information content (AvgIpc) is 3.22. The van der Waals surface area contributed by atoms with Crippen LogP contribution in [0.15, 0.2) is 47.5 Å². The minimum Gasteiger partial charge on any atom is -0.495 e. The van der Waals surface area contributed by atoms with Gasteiger partial charge in [0.2, 0.25) is 0 Å². The van der Waals surface area contributed by atoms with E-state index in [9.17, 15) is 10.1 Å². The van der Waals surface area contributed by atoms with E-state index in [0.717, 1.165) is 16.6 Å². The van der Waals surface area contributed by atoms with E-state index in [1.165, 1.54) is 7.11 Å². The largest absolute Gasteiger partial charge is 0.495 e. The van der Waals surface area contributed by atoms with Crippen molar-refractivity contribution in [3.63, 3.8) is 0 Å². The minimum atomic E-state index is -0.0505. The molecule has 0 saturated carbocycles. The van der Waals surface area contributed by atoms with Crippen LogP contribution in [0.3, 0.4) is 0 Å². The van der Waals surface area contributed by atoms with Crippen molar-refractivity contribution in [1.29, 1.82) is 5.26 Å². The Kier molecular flexibility index (Phi) is 5.59. The normalized spacial score (nSPS) is 14.4. The molecule has 29 heavy (non-hydrogen) atoms. The van der Waals surface area contributed by atoms with E-state index >= 15 is 0 Å². The van der Waals surface area contributed by atoms with Gasteiger partial charge in [-0.05, 0) is 25.5 Å². The summed E-state index contributed by atoms with van der Waals surface area (Å²) in [5.41, 5.74) is 4.00.